The highest BCUT2D eigenvalue weighted by atomic mass is 19.4. The Morgan fingerprint density at radius 1 is 1.20 bits per heavy atom. The number of halogens is 3. The van der Waals surface area contributed by atoms with Crippen LogP contribution >= 0.6 is 0 Å². The Balaban J connectivity index is 2.21. The highest BCUT2D eigenvalue weighted by Crippen LogP contribution is 2.74. The van der Waals surface area contributed by atoms with Gasteiger partial charge in [-0.1, -0.05) is 0 Å². The van der Waals surface area contributed by atoms with Crippen LogP contribution in [0.2, 0.25) is 0 Å². The highest BCUT2D eigenvalue weighted by molar-refractivity contribution is 5.84. The minimum absolute atomic E-state index is 0.462. The molecule has 2 atom stereocenters. The van der Waals surface area contributed by atoms with Gasteiger partial charge in [-0.3, -0.25) is 4.79 Å². The maximum Gasteiger partial charge on any atom is 0.410 e. The quantitative estimate of drug-likeness (QED) is 0.805. The molecule has 0 aromatic carbocycles. The van der Waals surface area contributed by atoms with E-state index in [-0.39, 0.29) is 0 Å². The second kappa shape index (κ2) is 3.79. The number of likely N-dealkylation sites (tertiary alicyclic amines) is 1. The minimum Gasteiger partial charge on any atom is -0.481 e. The molecule has 0 unspecified atom stereocenters. The summed E-state index contributed by atoms with van der Waals surface area (Å²) in [6.07, 6.45) is -6.03. The van der Waals surface area contributed by atoms with Gasteiger partial charge in [-0.25, -0.2) is 4.79 Å². The molecule has 1 heterocycles. The number of fused-ring (bicyclic) bond motifs is 1. The van der Waals surface area contributed by atoms with Crippen molar-refractivity contribution in [1.82, 2.24) is 4.90 Å². The molecule has 1 saturated heterocycles. The number of hydrogen-bond acceptors (Lipinski definition) is 3. The van der Waals surface area contributed by atoms with Gasteiger partial charge in [0.2, 0.25) is 0 Å². The van der Waals surface area contributed by atoms with Crippen molar-refractivity contribution in [2.24, 2.45) is 10.8 Å². The zero-order valence-corrected chi connectivity index (χ0v) is 11.4. The molecule has 1 N–H and O–H groups in total. The van der Waals surface area contributed by atoms with Gasteiger partial charge in [0.25, 0.3) is 0 Å². The minimum atomic E-state index is -4.65. The van der Waals surface area contributed by atoms with E-state index >= 15 is 0 Å². The average Bonchev–Trinajstić information content (AvgIpc) is 2.75. The molecule has 114 valence electrons. The second-order valence-corrected chi connectivity index (χ2v) is 6.48. The van der Waals surface area contributed by atoms with Crippen LogP contribution in [0, 0.1) is 10.8 Å². The van der Waals surface area contributed by atoms with Crippen LogP contribution in [0.1, 0.15) is 27.2 Å². The number of alkyl halides is 3. The Kier molecular flexibility index (Phi) is 2.83. The number of nitrogens with zero attached hydrogens (tertiary/aromatic N) is 1. The van der Waals surface area contributed by atoms with Crippen molar-refractivity contribution in [3.05, 3.63) is 0 Å². The van der Waals surface area contributed by atoms with Crippen molar-refractivity contribution in [3.8, 4) is 0 Å². The van der Waals surface area contributed by atoms with E-state index in [1.807, 2.05) is 0 Å². The molecular weight excluding hydrogens is 279 g/mol. The average molecular weight is 295 g/mol. The van der Waals surface area contributed by atoms with E-state index in [4.69, 9.17) is 9.84 Å². The maximum atomic E-state index is 13.1. The molecule has 0 aromatic heterocycles. The number of ether oxygens (including phenoxy) is 1. The summed E-state index contributed by atoms with van der Waals surface area (Å²) >= 11 is 0. The van der Waals surface area contributed by atoms with E-state index in [0.29, 0.717) is 0 Å². The van der Waals surface area contributed by atoms with Crippen molar-refractivity contribution >= 4 is 12.1 Å². The normalized spacial score (nSPS) is 32.8. The molecule has 2 fully saturated rings. The van der Waals surface area contributed by atoms with Crippen molar-refractivity contribution in [1.29, 1.82) is 0 Å². The zero-order valence-electron chi connectivity index (χ0n) is 11.4. The first-order valence-corrected chi connectivity index (χ1v) is 6.13. The van der Waals surface area contributed by atoms with E-state index in [2.05, 4.69) is 0 Å². The van der Waals surface area contributed by atoms with Gasteiger partial charge in [0, 0.05) is 13.1 Å². The zero-order chi connectivity index (χ0) is 15.6. The third-order valence-corrected chi connectivity index (χ3v) is 3.92. The molecule has 1 aliphatic carbocycles. The number of aliphatic carboxylic acids is 1. The summed E-state index contributed by atoms with van der Waals surface area (Å²) in [5.41, 5.74) is -5.09. The number of amides is 1. The highest BCUT2D eigenvalue weighted by Gasteiger charge is 2.87. The third-order valence-electron chi connectivity index (χ3n) is 3.92. The fourth-order valence-corrected chi connectivity index (χ4v) is 2.86. The van der Waals surface area contributed by atoms with Crippen LogP contribution < -0.4 is 0 Å². The standard InChI is InChI=1S/C12H16F3NO4/c1-9(2,3)20-8(19)16-5-10(7(17)18)4-11(10,6-16)12(13,14)15/h4-6H2,1-3H3,(H,17,18)/t10-,11-/m0/s1. The molecule has 0 spiro atoms. The summed E-state index contributed by atoms with van der Waals surface area (Å²) in [4.78, 5) is 23.8. The van der Waals surface area contributed by atoms with Crippen LogP contribution in [0.15, 0.2) is 0 Å². The summed E-state index contributed by atoms with van der Waals surface area (Å²) < 4.78 is 44.4. The molecule has 0 aromatic rings. The lowest BCUT2D eigenvalue weighted by Crippen LogP contribution is -2.39. The Labute approximate surface area is 113 Å². The Hall–Kier alpha value is -1.47. The topological polar surface area (TPSA) is 66.8 Å². The van der Waals surface area contributed by atoms with E-state index in [9.17, 15) is 22.8 Å². The summed E-state index contributed by atoms with van der Waals surface area (Å²) in [5.74, 6) is -1.51. The molecular formula is C12H16F3NO4. The SMILES string of the molecule is CC(C)(C)OC(=O)N1C[C@]2(C(=O)O)C[C@]2(C(F)(F)F)C1. The molecule has 1 aliphatic heterocycles. The number of carboxylic acids is 1. The number of carboxylic acid groups (broad SMARTS) is 1. The number of rotatable bonds is 1. The van der Waals surface area contributed by atoms with Gasteiger partial charge < -0.3 is 14.7 Å². The predicted octanol–water partition coefficient (Wildman–Crippen LogP) is 2.26. The lowest BCUT2D eigenvalue weighted by atomic mass is 9.96. The van der Waals surface area contributed by atoms with E-state index in [0.717, 1.165) is 4.90 Å². The van der Waals surface area contributed by atoms with E-state index in [1.54, 1.807) is 20.8 Å². The smallest absolute Gasteiger partial charge is 0.410 e. The number of hydrogen-bond donors (Lipinski definition) is 1. The van der Waals surface area contributed by atoms with Gasteiger partial charge in [0.1, 0.15) is 16.4 Å². The van der Waals surface area contributed by atoms with Crippen LogP contribution in [0.5, 0.6) is 0 Å². The van der Waals surface area contributed by atoms with Crippen molar-refractivity contribution in [3.63, 3.8) is 0 Å². The first-order valence-electron chi connectivity index (χ1n) is 6.13. The molecule has 5 nitrogen and oxygen atoms in total. The summed E-state index contributed by atoms with van der Waals surface area (Å²) in [7, 11) is 0. The fraction of sp³-hybridized carbons (Fsp3) is 0.833. The molecule has 8 heteroatoms. The van der Waals surface area contributed by atoms with Gasteiger partial charge in [0.05, 0.1) is 0 Å². The Morgan fingerprint density at radius 3 is 2.10 bits per heavy atom. The predicted molar refractivity (Wildman–Crippen MR) is 61.0 cm³/mol. The van der Waals surface area contributed by atoms with Crippen molar-refractivity contribution in [2.75, 3.05) is 13.1 Å². The first-order chi connectivity index (χ1) is 8.85. The number of carbonyl (C=O) groups is 2. The van der Waals surface area contributed by atoms with Gasteiger partial charge in [-0.05, 0) is 27.2 Å². The first kappa shape index (κ1) is 14.9. The Bertz CT molecular complexity index is 470. The van der Waals surface area contributed by atoms with Gasteiger partial charge in [-0.2, -0.15) is 13.2 Å². The summed E-state index contributed by atoms with van der Waals surface area (Å²) in [6.45, 7) is 3.66. The summed E-state index contributed by atoms with van der Waals surface area (Å²) in [5, 5.41) is 9.10. The molecule has 0 bridgehead atoms. The molecule has 2 aliphatic rings. The van der Waals surface area contributed by atoms with Crippen LogP contribution in [-0.2, 0) is 9.53 Å². The second-order valence-electron chi connectivity index (χ2n) is 6.48. The van der Waals surface area contributed by atoms with Crippen molar-refractivity contribution < 1.29 is 32.6 Å². The third kappa shape index (κ3) is 1.92. The van der Waals surface area contributed by atoms with Crippen LogP contribution in [-0.4, -0.2) is 46.9 Å². The van der Waals surface area contributed by atoms with Gasteiger partial charge >= 0.3 is 18.2 Å². The molecule has 20 heavy (non-hydrogen) atoms. The van der Waals surface area contributed by atoms with Crippen molar-refractivity contribution in [2.45, 2.75) is 39.0 Å². The van der Waals surface area contributed by atoms with Crippen LogP contribution in [0.4, 0.5) is 18.0 Å². The lowest BCUT2D eigenvalue weighted by Gasteiger charge is -2.26. The lowest BCUT2D eigenvalue weighted by molar-refractivity contribution is -0.196. The Morgan fingerprint density at radius 2 is 1.75 bits per heavy atom. The number of carbonyl (C=O) groups excluding carboxylic acids is 1. The van der Waals surface area contributed by atoms with Crippen LogP contribution in [0.3, 0.4) is 0 Å². The molecule has 1 amide bonds. The van der Waals surface area contributed by atoms with E-state index < -0.39 is 54.2 Å². The van der Waals surface area contributed by atoms with Crippen LogP contribution in [0.25, 0.3) is 0 Å². The summed E-state index contributed by atoms with van der Waals surface area (Å²) in [6, 6.07) is 0. The number of piperidine rings is 1. The molecule has 2 rings (SSSR count). The fourth-order valence-electron chi connectivity index (χ4n) is 2.86. The maximum absolute atomic E-state index is 13.1. The van der Waals surface area contributed by atoms with Gasteiger partial charge in [-0.15, -0.1) is 0 Å². The van der Waals surface area contributed by atoms with E-state index in [1.165, 1.54) is 0 Å². The largest absolute Gasteiger partial charge is 0.481 e. The molecule has 1 saturated carbocycles. The van der Waals surface area contributed by atoms with Gasteiger partial charge in [0.15, 0.2) is 0 Å². The molecule has 0 radical (unpaired) electrons. The monoisotopic (exact) mass is 295 g/mol.